The van der Waals surface area contributed by atoms with E-state index in [4.69, 9.17) is 0 Å². The maximum absolute atomic E-state index is 11.7. The molecule has 16 heavy (non-hydrogen) atoms. The van der Waals surface area contributed by atoms with Crippen molar-refractivity contribution in [1.82, 2.24) is 4.72 Å². The molecule has 0 radical (unpaired) electrons. The second-order valence-electron chi connectivity index (χ2n) is 3.58. The molecular formula is C10H12BrNO3S. The Morgan fingerprint density at radius 3 is 2.50 bits per heavy atom. The second-order valence-corrected chi connectivity index (χ2v) is 6.18. The Morgan fingerprint density at radius 2 is 2.00 bits per heavy atom. The standard InChI is InChI=1S/C10H12BrNO3S/c1-7(2)10(13)12-16(14,15)9-5-3-4-8(11)6-9/h3-7H,1-2H3,(H,12,13). The van der Waals surface area contributed by atoms with Gasteiger partial charge in [0.15, 0.2) is 0 Å². The van der Waals surface area contributed by atoms with Crippen molar-refractivity contribution in [1.29, 1.82) is 0 Å². The first kappa shape index (κ1) is 13.2. The van der Waals surface area contributed by atoms with Crippen molar-refractivity contribution in [2.75, 3.05) is 0 Å². The normalized spacial score (nSPS) is 11.5. The Balaban J connectivity index is 2.99. The molecule has 0 saturated heterocycles. The fourth-order valence-electron chi connectivity index (χ4n) is 0.943. The van der Waals surface area contributed by atoms with E-state index in [1.54, 1.807) is 26.0 Å². The molecule has 1 aromatic rings. The molecule has 0 aromatic heterocycles. The van der Waals surface area contributed by atoms with E-state index in [1.165, 1.54) is 12.1 Å². The maximum atomic E-state index is 11.7. The Bertz CT molecular complexity index is 497. The van der Waals surface area contributed by atoms with Crippen molar-refractivity contribution < 1.29 is 13.2 Å². The van der Waals surface area contributed by atoms with Crippen molar-refractivity contribution in [2.45, 2.75) is 18.7 Å². The number of amides is 1. The van der Waals surface area contributed by atoms with Crippen LogP contribution >= 0.6 is 15.9 Å². The number of carbonyl (C=O) groups is 1. The SMILES string of the molecule is CC(C)C(=O)NS(=O)(=O)c1cccc(Br)c1. The summed E-state index contributed by atoms with van der Waals surface area (Å²) in [4.78, 5) is 11.4. The first-order valence-electron chi connectivity index (χ1n) is 4.65. The van der Waals surface area contributed by atoms with Gasteiger partial charge in [0.2, 0.25) is 5.91 Å². The van der Waals surface area contributed by atoms with E-state index in [2.05, 4.69) is 15.9 Å². The van der Waals surface area contributed by atoms with Crippen LogP contribution in [0, 0.1) is 5.92 Å². The smallest absolute Gasteiger partial charge is 0.264 e. The Kier molecular flexibility index (Phi) is 4.09. The largest absolute Gasteiger partial charge is 0.274 e. The number of benzene rings is 1. The number of rotatable bonds is 3. The van der Waals surface area contributed by atoms with Crippen LogP contribution in [0.2, 0.25) is 0 Å². The molecule has 4 nitrogen and oxygen atoms in total. The van der Waals surface area contributed by atoms with Gasteiger partial charge >= 0.3 is 0 Å². The second kappa shape index (κ2) is 4.97. The molecule has 0 bridgehead atoms. The van der Waals surface area contributed by atoms with Gasteiger partial charge in [-0.15, -0.1) is 0 Å². The monoisotopic (exact) mass is 305 g/mol. The molecule has 1 rings (SSSR count). The highest BCUT2D eigenvalue weighted by Gasteiger charge is 2.19. The number of halogens is 1. The van der Waals surface area contributed by atoms with E-state index in [-0.39, 0.29) is 10.8 Å². The maximum Gasteiger partial charge on any atom is 0.264 e. The van der Waals surface area contributed by atoms with E-state index in [9.17, 15) is 13.2 Å². The minimum atomic E-state index is -3.76. The number of hydrogen-bond acceptors (Lipinski definition) is 3. The molecule has 1 amide bonds. The van der Waals surface area contributed by atoms with Crippen molar-refractivity contribution >= 4 is 31.9 Å². The van der Waals surface area contributed by atoms with E-state index in [1.807, 2.05) is 4.72 Å². The van der Waals surface area contributed by atoms with Crippen molar-refractivity contribution in [3.63, 3.8) is 0 Å². The van der Waals surface area contributed by atoms with Gasteiger partial charge in [0.25, 0.3) is 10.0 Å². The minimum absolute atomic E-state index is 0.0656. The van der Waals surface area contributed by atoms with Gasteiger partial charge < -0.3 is 0 Å². The van der Waals surface area contributed by atoms with E-state index in [0.717, 1.165) is 0 Å². The average molecular weight is 306 g/mol. The third-order valence-corrected chi connectivity index (χ3v) is 3.70. The fourth-order valence-corrected chi connectivity index (χ4v) is 2.65. The van der Waals surface area contributed by atoms with E-state index in [0.29, 0.717) is 4.47 Å². The molecular weight excluding hydrogens is 294 g/mol. The van der Waals surface area contributed by atoms with Gasteiger partial charge in [0.05, 0.1) is 4.90 Å². The Morgan fingerprint density at radius 1 is 1.38 bits per heavy atom. The summed E-state index contributed by atoms with van der Waals surface area (Å²) in [6.45, 7) is 3.26. The van der Waals surface area contributed by atoms with Gasteiger partial charge in [-0.1, -0.05) is 35.8 Å². The van der Waals surface area contributed by atoms with Gasteiger partial charge in [0.1, 0.15) is 0 Å². The number of sulfonamides is 1. The molecule has 0 aliphatic carbocycles. The molecule has 0 aliphatic heterocycles. The minimum Gasteiger partial charge on any atom is -0.274 e. The topological polar surface area (TPSA) is 63.2 Å². The van der Waals surface area contributed by atoms with Gasteiger partial charge in [-0.25, -0.2) is 13.1 Å². The summed E-state index contributed by atoms with van der Waals surface area (Å²) in [5.41, 5.74) is 0. The van der Waals surface area contributed by atoms with Crippen LogP contribution in [-0.4, -0.2) is 14.3 Å². The quantitative estimate of drug-likeness (QED) is 0.928. The van der Waals surface area contributed by atoms with Crippen LogP contribution in [0.3, 0.4) is 0 Å². The van der Waals surface area contributed by atoms with Crippen LogP contribution in [0.5, 0.6) is 0 Å². The molecule has 0 saturated carbocycles. The first-order chi connectivity index (χ1) is 7.33. The predicted molar refractivity (Wildman–Crippen MR) is 64.3 cm³/mol. The van der Waals surface area contributed by atoms with Crippen LogP contribution in [0.25, 0.3) is 0 Å². The molecule has 0 atom stereocenters. The number of nitrogens with one attached hydrogen (secondary N) is 1. The lowest BCUT2D eigenvalue weighted by molar-refractivity contribution is -0.122. The summed E-state index contributed by atoms with van der Waals surface area (Å²) in [6.07, 6.45) is 0. The number of carbonyl (C=O) groups excluding carboxylic acids is 1. The van der Waals surface area contributed by atoms with Crippen molar-refractivity contribution in [3.8, 4) is 0 Å². The van der Waals surface area contributed by atoms with Crippen LogP contribution in [0.4, 0.5) is 0 Å². The Labute approximate surface area is 103 Å². The lowest BCUT2D eigenvalue weighted by Crippen LogP contribution is -2.33. The summed E-state index contributed by atoms with van der Waals surface area (Å²) in [7, 11) is -3.76. The van der Waals surface area contributed by atoms with Crippen LogP contribution in [-0.2, 0) is 14.8 Å². The lowest BCUT2D eigenvalue weighted by Gasteiger charge is -2.08. The molecule has 1 aromatic carbocycles. The highest BCUT2D eigenvalue weighted by atomic mass is 79.9. The third-order valence-electron chi connectivity index (χ3n) is 1.87. The Hall–Kier alpha value is -0.880. The summed E-state index contributed by atoms with van der Waals surface area (Å²) in [5.74, 6) is -0.887. The first-order valence-corrected chi connectivity index (χ1v) is 6.93. The fraction of sp³-hybridized carbons (Fsp3) is 0.300. The summed E-state index contributed by atoms with van der Waals surface area (Å²) < 4.78 is 26.2. The van der Waals surface area contributed by atoms with Crippen LogP contribution < -0.4 is 4.72 Å². The third kappa shape index (κ3) is 3.31. The highest BCUT2D eigenvalue weighted by Crippen LogP contribution is 2.16. The summed E-state index contributed by atoms with van der Waals surface area (Å²) in [5, 5.41) is 0. The van der Waals surface area contributed by atoms with Gasteiger partial charge in [-0.2, -0.15) is 0 Å². The molecule has 0 aliphatic rings. The molecule has 0 heterocycles. The molecule has 0 unspecified atom stereocenters. The zero-order valence-electron chi connectivity index (χ0n) is 8.90. The van der Waals surface area contributed by atoms with Gasteiger partial charge in [-0.05, 0) is 18.2 Å². The molecule has 0 spiro atoms. The average Bonchev–Trinajstić information content (AvgIpc) is 2.17. The molecule has 6 heteroatoms. The number of hydrogen-bond donors (Lipinski definition) is 1. The predicted octanol–water partition coefficient (Wildman–Crippen LogP) is 1.91. The highest BCUT2D eigenvalue weighted by molar-refractivity contribution is 9.10. The van der Waals surface area contributed by atoms with Crippen molar-refractivity contribution in [3.05, 3.63) is 28.7 Å². The molecule has 88 valence electrons. The van der Waals surface area contributed by atoms with E-state index < -0.39 is 15.9 Å². The van der Waals surface area contributed by atoms with Crippen molar-refractivity contribution in [2.24, 2.45) is 5.92 Å². The summed E-state index contributed by atoms with van der Waals surface area (Å²) >= 11 is 3.17. The zero-order chi connectivity index (χ0) is 12.3. The zero-order valence-corrected chi connectivity index (χ0v) is 11.3. The molecule has 0 fully saturated rings. The van der Waals surface area contributed by atoms with E-state index >= 15 is 0 Å². The van der Waals surface area contributed by atoms with Crippen LogP contribution in [0.1, 0.15) is 13.8 Å². The molecule has 1 N–H and O–H groups in total. The van der Waals surface area contributed by atoms with Crippen LogP contribution in [0.15, 0.2) is 33.6 Å². The summed E-state index contributed by atoms with van der Waals surface area (Å²) in [6, 6.07) is 6.18. The van der Waals surface area contributed by atoms with Gasteiger partial charge in [-0.3, -0.25) is 4.79 Å². The van der Waals surface area contributed by atoms with Gasteiger partial charge in [0, 0.05) is 10.4 Å². The lowest BCUT2D eigenvalue weighted by atomic mass is 10.2.